The Kier molecular flexibility index (Phi) is 10.5. The number of aliphatic hydroxyl groups excluding tert-OH is 1. The van der Waals surface area contributed by atoms with Gasteiger partial charge in [0.2, 0.25) is 0 Å². The van der Waals surface area contributed by atoms with Crippen molar-refractivity contribution in [2.24, 2.45) is 0 Å². The largest absolute Gasteiger partial charge is 0.420 e. The molecule has 0 radical (unpaired) electrons. The molecule has 0 atom stereocenters. The summed E-state index contributed by atoms with van der Waals surface area (Å²) in [4.78, 5) is 14.0. The van der Waals surface area contributed by atoms with Crippen molar-refractivity contribution in [2.45, 2.75) is 54.8 Å². The highest BCUT2D eigenvalue weighted by atomic mass is 32.2. The molecule has 1 heterocycles. The van der Waals surface area contributed by atoms with E-state index in [1.807, 2.05) is 0 Å². The van der Waals surface area contributed by atoms with E-state index in [0.717, 1.165) is 31.6 Å². The number of aromatic nitrogens is 3. The van der Waals surface area contributed by atoms with Gasteiger partial charge in [-0.3, -0.25) is 0 Å². The molecule has 0 saturated carbocycles. The number of aliphatic hydroxyl groups is 1. The van der Waals surface area contributed by atoms with E-state index in [9.17, 15) is 5.11 Å². The van der Waals surface area contributed by atoms with Crippen LogP contribution in [0.2, 0.25) is 39.3 Å². The van der Waals surface area contributed by atoms with Gasteiger partial charge in [-0.05, 0) is 31.6 Å². The Hall–Kier alpha value is 0.591. The third kappa shape index (κ3) is 10.3. The number of rotatable bonds is 12. The summed E-state index contributed by atoms with van der Waals surface area (Å²) in [6, 6.07) is 0. The van der Waals surface area contributed by atoms with Crippen molar-refractivity contribution in [1.29, 1.82) is 0 Å². The Morgan fingerprint density at radius 2 is 1.04 bits per heavy atom. The standard InChI is InChI=1S/C15H33N3O3S3Si3/c1-20-26(5,6)11-23-14-16-13(22-10-25(3,4)9-19)17-15(18-14)24-12-27(7,8)21-2/h19H,9-12H2,1-8H3. The molecule has 0 unspecified atom stereocenters. The smallest absolute Gasteiger partial charge is 0.196 e. The highest BCUT2D eigenvalue weighted by Crippen LogP contribution is 2.27. The Balaban J connectivity index is 2.96. The summed E-state index contributed by atoms with van der Waals surface area (Å²) in [5, 5.41) is 14.5. The Morgan fingerprint density at radius 3 is 1.33 bits per heavy atom. The lowest BCUT2D eigenvalue weighted by Gasteiger charge is -2.20. The predicted molar refractivity (Wildman–Crippen MR) is 126 cm³/mol. The van der Waals surface area contributed by atoms with Crippen molar-refractivity contribution in [1.82, 2.24) is 15.0 Å². The number of thioether (sulfide) groups is 3. The quantitative estimate of drug-likeness (QED) is 0.353. The summed E-state index contributed by atoms with van der Waals surface area (Å²) < 4.78 is 11.3. The maximum absolute atomic E-state index is 9.55. The average Bonchev–Trinajstić information content (AvgIpc) is 2.63. The van der Waals surface area contributed by atoms with Gasteiger partial charge in [0.15, 0.2) is 32.1 Å². The van der Waals surface area contributed by atoms with E-state index in [1.54, 1.807) is 49.5 Å². The van der Waals surface area contributed by atoms with Gasteiger partial charge in [0.05, 0.1) is 8.07 Å². The van der Waals surface area contributed by atoms with Crippen LogP contribution in [0.4, 0.5) is 0 Å². The molecule has 0 amide bonds. The monoisotopic (exact) mass is 483 g/mol. The maximum Gasteiger partial charge on any atom is 0.196 e. The van der Waals surface area contributed by atoms with Gasteiger partial charge in [0.1, 0.15) is 0 Å². The molecular formula is C15H33N3O3S3Si3. The van der Waals surface area contributed by atoms with Gasteiger partial charge >= 0.3 is 0 Å². The normalized spacial score (nSPS) is 13.2. The first-order valence-electron chi connectivity index (χ1n) is 8.78. The highest BCUT2D eigenvalue weighted by molar-refractivity contribution is 8.02. The number of nitrogens with zero attached hydrogens (tertiary/aromatic N) is 3. The van der Waals surface area contributed by atoms with E-state index < -0.39 is 24.7 Å². The molecule has 27 heavy (non-hydrogen) atoms. The summed E-state index contributed by atoms with van der Waals surface area (Å²) in [5.74, 6) is 0. The van der Waals surface area contributed by atoms with Gasteiger partial charge in [-0.1, -0.05) is 48.4 Å². The zero-order chi connectivity index (χ0) is 20.7. The van der Waals surface area contributed by atoms with E-state index in [4.69, 9.17) is 8.85 Å². The Bertz CT molecular complexity index is 517. The molecule has 0 spiro atoms. The first kappa shape index (κ1) is 25.6. The SMILES string of the molecule is CO[Si](C)(C)CSc1nc(SC[Si](C)(C)CO)nc(SC[Si](C)(C)OC)n1. The van der Waals surface area contributed by atoms with Crippen molar-refractivity contribution < 1.29 is 14.0 Å². The van der Waals surface area contributed by atoms with Crippen LogP contribution in [0.3, 0.4) is 0 Å². The van der Waals surface area contributed by atoms with Crippen LogP contribution < -0.4 is 0 Å². The maximum atomic E-state index is 9.55. The van der Waals surface area contributed by atoms with Gasteiger partial charge in [0, 0.05) is 31.2 Å². The van der Waals surface area contributed by atoms with Gasteiger partial charge in [-0.25, -0.2) is 0 Å². The van der Waals surface area contributed by atoms with Crippen molar-refractivity contribution in [3.8, 4) is 0 Å². The second-order valence-corrected chi connectivity index (χ2v) is 26.2. The van der Waals surface area contributed by atoms with E-state index in [2.05, 4.69) is 54.2 Å². The first-order valence-corrected chi connectivity index (χ1v) is 21.4. The van der Waals surface area contributed by atoms with E-state index >= 15 is 0 Å². The van der Waals surface area contributed by atoms with Gasteiger partial charge in [-0.2, -0.15) is 15.0 Å². The molecule has 0 saturated heterocycles. The molecule has 1 aromatic rings. The summed E-state index contributed by atoms with van der Waals surface area (Å²) >= 11 is 4.93. The fraction of sp³-hybridized carbons (Fsp3) is 0.800. The van der Waals surface area contributed by atoms with Crippen LogP contribution in [-0.4, -0.2) is 81.3 Å². The zero-order valence-electron chi connectivity index (χ0n) is 17.7. The lowest BCUT2D eigenvalue weighted by Crippen LogP contribution is -2.35. The molecule has 12 heteroatoms. The van der Waals surface area contributed by atoms with Gasteiger partial charge in [0.25, 0.3) is 0 Å². The topological polar surface area (TPSA) is 77.4 Å². The fourth-order valence-electron chi connectivity index (χ4n) is 1.41. The molecule has 1 aromatic heterocycles. The van der Waals surface area contributed by atoms with E-state index in [1.165, 1.54) is 0 Å². The fourth-order valence-corrected chi connectivity index (χ4v) is 9.69. The molecule has 6 nitrogen and oxygen atoms in total. The van der Waals surface area contributed by atoms with Crippen LogP contribution in [0.15, 0.2) is 15.5 Å². The van der Waals surface area contributed by atoms with Crippen LogP contribution in [-0.2, 0) is 8.85 Å². The van der Waals surface area contributed by atoms with Crippen LogP contribution in [0.25, 0.3) is 0 Å². The molecular weight excluding hydrogens is 451 g/mol. The molecule has 0 aromatic carbocycles. The minimum Gasteiger partial charge on any atom is -0.420 e. The van der Waals surface area contributed by atoms with E-state index in [-0.39, 0.29) is 6.23 Å². The molecule has 0 fully saturated rings. The number of hydrogen-bond acceptors (Lipinski definition) is 9. The Morgan fingerprint density at radius 1 is 0.704 bits per heavy atom. The molecule has 0 aliphatic heterocycles. The highest BCUT2D eigenvalue weighted by Gasteiger charge is 2.25. The molecule has 1 rings (SSSR count). The number of hydrogen-bond donors (Lipinski definition) is 1. The second-order valence-electron chi connectivity index (χ2n) is 8.30. The van der Waals surface area contributed by atoms with Crippen molar-refractivity contribution in [2.75, 3.05) is 36.6 Å². The first-order chi connectivity index (χ1) is 12.4. The molecule has 0 bridgehead atoms. The van der Waals surface area contributed by atoms with Crippen LogP contribution >= 0.6 is 35.3 Å². The van der Waals surface area contributed by atoms with Crippen LogP contribution in [0, 0.1) is 0 Å². The van der Waals surface area contributed by atoms with Crippen molar-refractivity contribution >= 4 is 60.0 Å². The van der Waals surface area contributed by atoms with Crippen molar-refractivity contribution in [3.63, 3.8) is 0 Å². The minimum absolute atomic E-state index is 0.273. The molecule has 156 valence electrons. The van der Waals surface area contributed by atoms with E-state index in [0.29, 0.717) is 0 Å². The third-order valence-corrected chi connectivity index (χ3v) is 18.6. The predicted octanol–water partition coefficient (Wildman–Crippen LogP) is 3.71. The second kappa shape index (κ2) is 11.1. The van der Waals surface area contributed by atoms with Gasteiger partial charge in [-0.15, -0.1) is 0 Å². The summed E-state index contributed by atoms with van der Waals surface area (Å²) in [5.41, 5.74) is 0. The lowest BCUT2D eigenvalue weighted by atomic mass is 11.1. The lowest BCUT2D eigenvalue weighted by molar-refractivity contribution is 0.359. The van der Waals surface area contributed by atoms with Crippen LogP contribution in [0.1, 0.15) is 0 Å². The van der Waals surface area contributed by atoms with Crippen molar-refractivity contribution in [3.05, 3.63) is 0 Å². The Labute approximate surface area is 179 Å². The molecule has 0 aliphatic carbocycles. The molecule has 0 aliphatic rings. The molecule has 1 N–H and O–H groups in total. The summed E-state index contributed by atoms with van der Waals surface area (Å²) in [6.45, 7) is 13.1. The minimum atomic E-state index is -1.69. The summed E-state index contributed by atoms with van der Waals surface area (Å²) in [7, 11) is -1.45. The van der Waals surface area contributed by atoms with Gasteiger partial charge < -0.3 is 14.0 Å². The zero-order valence-corrected chi connectivity index (χ0v) is 23.1. The third-order valence-electron chi connectivity index (χ3n) is 3.80. The average molecular weight is 484 g/mol. The van der Waals surface area contributed by atoms with Crippen LogP contribution in [0.5, 0.6) is 0 Å². The summed E-state index contributed by atoms with van der Waals surface area (Å²) in [6.07, 6.45) is 0.273.